The Hall–Kier alpha value is -1.77. The average molecular weight is 269 g/mol. The third-order valence-electron chi connectivity index (χ3n) is 4.26. The summed E-state index contributed by atoms with van der Waals surface area (Å²) in [6.45, 7) is 1.11. The van der Waals surface area contributed by atoms with Gasteiger partial charge < -0.3 is 10.3 Å². The van der Waals surface area contributed by atoms with Crippen LogP contribution in [0.1, 0.15) is 38.5 Å². The summed E-state index contributed by atoms with van der Waals surface area (Å²) >= 11 is 0. The second kappa shape index (κ2) is 6.60. The van der Waals surface area contributed by atoms with Crippen LogP contribution in [0.5, 0.6) is 0 Å². The molecular formula is C17H23N3. The molecule has 0 aliphatic heterocycles. The van der Waals surface area contributed by atoms with E-state index in [1.807, 2.05) is 6.20 Å². The van der Waals surface area contributed by atoms with Crippen molar-refractivity contribution in [2.24, 2.45) is 5.92 Å². The molecule has 0 spiro atoms. The number of aromatic amines is 1. The van der Waals surface area contributed by atoms with Crippen LogP contribution >= 0.6 is 0 Å². The summed E-state index contributed by atoms with van der Waals surface area (Å²) in [5.41, 5.74) is 3.47. The highest BCUT2D eigenvalue weighted by Crippen LogP contribution is 2.24. The first-order valence-corrected chi connectivity index (χ1v) is 7.74. The normalized spacial score (nSPS) is 16.8. The Bertz CT molecular complexity index is 494. The van der Waals surface area contributed by atoms with Crippen LogP contribution in [0.15, 0.2) is 36.8 Å². The molecule has 20 heavy (non-hydrogen) atoms. The molecule has 3 nitrogen and oxygen atoms in total. The highest BCUT2D eigenvalue weighted by atomic mass is 14.9. The molecule has 1 aliphatic carbocycles. The minimum Gasteiger partial charge on any atom is -0.385 e. The number of aromatic nitrogens is 2. The van der Waals surface area contributed by atoms with Gasteiger partial charge in [0, 0.05) is 12.2 Å². The van der Waals surface area contributed by atoms with E-state index in [9.17, 15) is 0 Å². The van der Waals surface area contributed by atoms with Gasteiger partial charge in [-0.25, -0.2) is 4.98 Å². The molecule has 2 aromatic rings. The number of nitrogens with zero attached hydrogens (tertiary/aromatic N) is 1. The first kappa shape index (κ1) is 13.2. The van der Waals surface area contributed by atoms with Crippen LogP contribution in [0.3, 0.4) is 0 Å². The van der Waals surface area contributed by atoms with E-state index in [0.29, 0.717) is 0 Å². The van der Waals surface area contributed by atoms with E-state index in [4.69, 9.17) is 0 Å². The van der Waals surface area contributed by atoms with Gasteiger partial charge in [-0.3, -0.25) is 0 Å². The predicted octanol–water partition coefficient (Wildman–Crippen LogP) is 4.46. The maximum atomic E-state index is 4.06. The molecule has 0 radical (unpaired) electrons. The van der Waals surface area contributed by atoms with Gasteiger partial charge in [0.05, 0.1) is 18.2 Å². The van der Waals surface area contributed by atoms with Crippen molar-refractivity contribution in [2.75, 3.05) is 11.9 Å². The summed E-state index contributed by atoms with van der Waals surface area (Å²) in [6, 6.07) is 8.60. The molecule has 2 N–H and O–H groups in total. The average Bonchev–Trinajstić information content (AvgIpc) is 2.90. The van der Waals surface area contributed by atoms with Crippen LogP contribution < -0.4 is 5.32 Å². The zero-order valence-electron chi connectivity index (χ0n) is 11.9. The van der Waals surface area contributed by atoms with Gasteiger partial charge in [0.1, 0.15) is 0 Å². The topological polar surface area (TPSA) is 40.7 Å². The smallest absolute Gasteiger partial charge is 0.0924 e. The number of H-pyrrole nitrogens is 1. The molecule has 1 fully saturated rings. The summed E-state index contributed by atoms with van der Waals surface area (Å²) in [5.74, 6) is 0.852. The third-order valence-corrected chi connectivity index (χ3v) is 4.26. The molecule has 0 bridgehead atoms. The molecule has 1 aliphatic rings. The maximum Gasteiger partial charge on any atom is 0.0924 e. The molecule has 1 saturated carbocycles. The number of benzene rings is 1. The number of hydrogen-bond acceptors (Lipinski definition) is 2. The van der Waals surface area contributed by atoms with E-state index in [0.717, 1.165) is 18.2 Å². The molecular weight excluding hydrogens is 246 g/mol. The quantitative estimate of drug-likeness (QED) is 0.805. The molecule has 0 atom stereocenters. The standard InChI is InChI=1S/C17H23N3/c1-2-4-6-14(5-3-1)11-19-16-9-7-15(8-10-16)17-12-18-13-20-17/h7-10,12-14,19H,1-6,11H2,(H,18,20). The SMILES string of the molecule is c1ncc(-c2ccc(NCC3CCCCCC3)cc2)[nH]1. The molecule has 0 unspecified atom stereocenters. The fourth-order valence-corrected chi connectivity index (χ4v) is 3.01. The Balaban J connectivity index is 1.55. The Kier molecular flexibility index (Phi) is 4.36. The van der Waals surface area contributed by atoms with Gasteiger partial charge in [0.2, 0.25) is 0 Å². The summed E-state index contributed by atoms with van der Waals surface area (Å²) in [7, 11) is 0. The zero-order valence-corrected chi connectivity index (χ0v) is 11.9. The van der Waals surface area contributed by atoms with Gasteiger partial charge in [0.15, 0.2) is 0 Å². The van der Waals surface area contributed by atoms with Crippen molar-refractivity contribution in [2.45, 2.75) is 38.5 Å². The zero-order chi connectivity index (χ0) is 13.6. The van der Waals surface area contributed by atoms with Crippen molar-refractivity contribution >= 4 is 5.69 Å². The molecule has 0 saturated heterocycles. The lowest BCUT2D eigenvalue weighted by atomic mass is 10.0. The molecule has 3 rings (SSSR count). The van der Waals surface area contributed by atoms with Crippen LogP contribution in [-0.4, -0.2) is 16.5 Å². The van der Waals surface area contributed by atoms with Crippen molar-refractivity contribution in [1.29, 1.82) is 0 Å². The third kappa shape index (κ3) is 3.41. The van der Waals surface area contributed by atoms with Gasteiger partial charge in [-0.05, 0) is 36.5 Å². The number of nitrogens with one attached hydrogen (secondary N) is 2. The summed E-state index contributed by atoms with van der Waals surface area (Å²) in [5, 5.41) is 3.59. The van der Waals surface area contributed by atoms with Crippen molar-refractivity contribution in [3.05, 3.63) is 36.8 Å². The minimum atomic E-state index is 0.852. The van der Waals surface area contributed by atoms with Gasteiger partial charge in [-0.2, -0.15) is 0 Å². The Morgan fingerprint density at radius 2 is 1.80 bits per heavy atom. The number of anilines is 1. The van der Waals surface area contributed by atoms with E-state index in [2.05, 4.69) is 39.6 Å². The Morgan fingerprint density at radius 3 is 2.45 bits per heavy atom. The van der Waals surface area contributed by atoms with E-state index in [1.54, 1.807) is 6.33 Å². The molecule has 1 aromatic heterocycles. The van der Waals surface area contributed by atoms with Crippen LogP contribution in [0.25, 0.3) is 11.3 Å². The lowest BCUT2D eigenvalue weighted by Gasteiger charge is -2.15. The lowest BCUT2D eigenvalue weighted by molar-refractivity contribution is 0.483. The van der Waals surface area contributed by atoms with E-state index >= 15 is 0 Å². The van der Waals surface area contributed by atoms with Gasteiger partial charge in [-0.15, -0.1) is 0 Å². The largest absolute Gasteiger partial charge is 0.385 e. The first-order chi connectivity index (χ1) is 9.92. The van der Waals surface area contributed by atoms with Crippen molar-refractivity contribution < 1.29 is 0 Å². The monoisotopic (exact) mass is 269 g/mol. The Labute approximate surface area is 120 Å². The van der Waals surface area contributed by atoms with Gasteiger partial charge in [0.25, 0.3) is 0 Å². The van der Waals surface area contributed by atoms with Gasteiger partial charge >= 0.3 is 0 Å². The minimum absolute atomic E-state index is 0.852. The molecule has 106 valence electrons. The van der Waals surface area contributed by atoms with Gasteiger partial charge in [-0.1, -0.05) is 37.8 Å². The van der Waals surface area contributed by atoms with E-state index in [-0.39, 0.29) is 0 Å². The predicted molar refractivity (Wildman–Crippen MR) is 83.7 cm³/mol. The van der Waals surface area contributed by atoms with Crippen LogP contribution in [0.2, 0.25) is 0 Å². The van der Waals surface area contributed by atoms with E-state index in [1.165, 1.54) is 49.8 Å². The van der Waals surface area contributed by atoms with Crippen molar-refractivity contribution in [3.8, 4) is 11.3 Å². The number of imidazole rings is 1. The first-order valence-electron chi connectivity index (χ1n) is 7.74. The summed E-state index contributed by atoms with van der Waals surface area (Å²) < 4.78 is 0. The van der Waals surface area contributed by atoms with Crippen LogP contribution in [-0.2, 0) is 0 Å². The molecule has 1 aromatic carbocycles. The molecule has 1 heterocycles. The fourth-order valence-electron chi connectivity index (χ4n) is 3.01. The molecule has 3 heteroatoms. The lowest BCUT2D eigenvalue weighted by Crippen LogP contribution is -2.13. The van der Waals surface area contributed by atoms with Crippen LogP contribution in [0.4, 0.5) is 5.69 Å². The van der Waals surface area contributed by atoms with Crippen LogP contribution in [0, 0.1) is 5.92 Å². The maximum absolute atomic E-state index is 4.06. The number of hydrogen-bond donors (Lipinski definition) is 2. The fraction of sp³-hybridized carbons (Fsp3) is 0.471. The molecule has 0 amide bonds. The summed E-state index contributed by atoms with van der Waals surface area (Å²) in [4.78, 5) is 7.19. The second-order valence-corrected chi connectivity index (χ2v) is 5.78. The van der Waals surface area contributed by atoms with E-state index < -0.39 is 0 Å². The highest BCUT2D eigenvalue weighted by molar-refractivity contribution is 5.61. The summed E-state index contributed by atoms with van der Waals surface area (Å²) in [6.07, 6.45) is 12.0. The second-order valence-electron chi connectivity index (χ2n) is 5.78. The highest BCUT2D eigenvalue weighted by Gasteiger charge is 2.11. The Morgan fingerprint density at radius 1 is 1.05 bits per heavy atom. The van der Waals surface area contributed by atoms with Crippen molar-refractivity contribution in [3.63, 3.8) is 0 Å². The van der Waals surface area contributed by atoms with Crippen molar-refractivity contribution in [1.82, 2.24) is 9.97 Å². The number of rotatable bonds is 4.